The molecule has 0 amide bonds. The van der Waals surface area contributed by atoms with Gasteiger partial charge in [-0.15, -0.1) is 0 Å². The summed E-state index contributed by atoms with van der Waals surface area (Å²) in [4.78, 5) is 0. The zero-order chi connectivity index (χ0) is 14.1. The molecule has 0 spiro atoms. The molecule has 114 valence electrons. The van der Waals surface area contributed by atoms with Crippen LogP contribution >= 0.6 is 11.8 Å². The van der Waals surface area contributed by atoms with E-state index >= 15 is 0 Å². The highest BCUT2D eigenvalue weighted by atomic mass is 32.2. The molecule has 2 heteroatoms. The molecule has 19 heavy (non-hydrogen) atoms. The number of hydrogen-bond acceptors (Lipinski definition) is 2. The normalized spacial score (nSPS) is 26.5. The Kier molecular flexibility index (Phi) is 8.48. The van der Waals surface area contributed by atoms with Crippen molar-refractivity contribution in [3.8, 4) is 0 Å². The van der Waals surface area contributed by atoms with Crippen LogP contribution in [0.1, 0.15) is 79.1 Å². The Morgan fingerprint density at radius 3 is 2.53 bits per heavy atom. The summed E-state index contributed by atoms with van der Waals surface area (Å²) in [6.45, 7) is 10.7. The standard InChI is InChI=1S/C17H35NS/c1-5-8-10-15(7-3)14-16(18-12-6-2)17(4)11-9-13-19-17/h15-16,18H,5-14H2,1-4H3. The van der Waals surface area contributed by atoms with Crippen LogP contribution in [0.15, 0.2) is 0 Å². The smallest absolute Gasteiger partial charge is 0.0285 e. The molecule has 3 atom stereocenters. The van der Waals surface area contributed by atoms with Crippen molar-refractivity contribution in [3.05, 3.63) is 0 Å². The van der Waals surface area contributed by atoms with Gasteiger partial charge in [-0.2, -0.15) is 11.8 Å². The summed E-state index contributed by atoms with van der Waals surface area (Å²) >= 11 is 2.22. The van der Waals surface area contributed by atoms with E-state index in [9.17, 15) is 0 Å². The Morgan fingerprint density at radius 1 is 1.21 bits per heavy atom. The van der Waals surface area contributed by atoms with E-state index in [-0.39, 0.29) is 0 Å². The van der Waals surface area contributed by atoms with Crippen LogP contribution in [0.2, 0.25) is 0 Å². The lowest BCUT2D eigenvalue weighted by atomic mass is 9.85. The maximum atomic E-state index is 3.87. The van der Waals surface area contributed by atoms with E-state index in [1.165, 1.54) is 63.7 Å². The third-order valence-electron chi connectivity index (χ3n) is 4.74. The van der Waals surface area contributed by atoms with Crippen LogP contribution in [0.25, 0.3) is 0 Å². The van der Waals surface area contributed by atoms with Gasteiger partial charge in [-0.25, -0.2) is 0 Å². The van der Waals surface area contributed by atoms with Crippen LogP contribution in [0.4, 0.5) is 0 Å². The molecule has 1 aliphatic heterocycles. The van der Waals surface area contributed by atoms with Crippen molar-refractivity contribution in [3.63, 3.8) is 0 Å². The maximum absolute atomic E-state index is 3.87. The van der Waals surface area contributed by atoms with Crippen LogP contribution in [0, 0.1) is 5.92 Å². The Bertz CT molecular complexity index is 223. The van der Waals surface area contributed by atoms with Gasteiger partial charge in [-0.1, -0.05) is 46.5 Å². The second-order valence-electron chi connectivity index (χ2n) is 6.42. The van der Waals surface area contributed by atoms with Crippen molar-refractivity contribution in [2.75, 3.05) is 12.3 Å². The third kappa shape index (κ3) is 5.67. The lowest BCUT2D eigenvalue weighted by Crippen LogP contribution is -2.46. The number of thioether (sulfide) groups is 1. The SMILES string of the molecule is CCCCC(CC)CC(NCCC)C1(C)CCCS1. The van der Waals surface area contributed by atoms with E-state index in [2.05, 4.69) is 44.8 Å². The van der Waals surface area contributed by atoms with E-state index in [0.29, 0.717) is 4.75 Å². The number of nitrogens with one attached hydrogen (secondary N) is 1. The van der Waals surface area contributed by atoms with Crippen LogP contribution in [0.3, 0.4) is 0 Å². The van der Waals surface area contributed by atoms with Crippen molar-refractivity contribution in [2.24, 2.45) is 5.92 Å². The van der Waals surface area contributed by atoms with Crippen molar-refractivity contribution in [1.82, 2.24) is 5.32 Å². The van der Waals surface area contributed by atoms with E-state index in [4.69, 9.17) is 0 Å². The molecule has 3 unspecified atom stereocenters. The van der Waals surface area contributed by atoms with E-state index in [1.807, 2.05) is 0 Å². The molecule has 1 N–H and O–H groups in total. The monoisotopic (exact) mass is 285 g/mol. The summed E-state index contributed by atoms with van der Waals surface area (Å²) in [5, 5.41) is 3.87. The average Bonchev–Trinajstić information content (AvgIpc) is 2.86. The van der Waals surface area contributed by atoms with Crippen LogP contribution in [-0.2, 0) is 0 Å². The Morgan fingerprint density at radius 2 is 2.00 bits per heavy atom. The van der Waals surface area contributed by atoms with Gasteiger partial charge in [0.1, 0.15) is 0 Å². The summed E-state index contributed by atoms with van der Waals surface area (Å²) in [6.07, 6.45) is 11.0. The minimum Gasteiger partial charge on any atom is -0.313 e. The fraction of sp³-hybridized carbons (Fsp3) is 1.00. The predicted molar refractivity (Wildman–Crippen MR) is 90.1 cm³/mol. The number of rotatable bonds is 10. The largest absolute Gasteiger partial charge is 0.313 e. The van der Waals surface area contributed by atoms with Gasteiger partial charge in [-0.05, 0) is 50.8 Å². The molecule has 0 bridgehead atoms. The first-order chi connectivity index (χ1) is 9.16. The molecule has 1 heterocycles. The van der Waals surface area contributed by atoms with Crippen molar-refractivity contribution >= 4 is 11.8 Å². The molecule has 1 aliphatic rings. The molecule has 0 saturated carbocycles. The predicted octanol–water partition coefficient (Wildman–Crippen LogP) is 5.25. The van der Waals surface area contributed by atoms with E-state index in [1.54, 1.807) is 0 Å². The Labute approximate surface area is 125 Å². The van der Waals surface area contributed by atoms with Crippen molar-refractivity contribution in [1.29, 1.82) is 0 Å². The topological polar surface area (TPSA) is 12.0 Å². The molecule has 0 aromatic heterocycles. The van der Waals surface area contributed by atoms with Gasteiger partial charge in [0.2, 0.25) is 0 Å². The lowest BCUT2D eigenvalue weighted by molar-refractivity contribution is 0.303. The lowest BCUT2D eigenvalue weighted by Gasteiger charge is -2.36. The molecular weight excluding hydrogens is 250 g/mol. The van der Waals surface area contributed by atoms with Crippen LogP contribution < -0.4 is 5.32 Å². The van der Waals surface area contributed by atoms with Crippen LogP contribution in [0.5, 0.6) is 0 Å². The van der Waals surface area contributed by atoms with Gasteiger partial charge in [-0.3, -0.25) is 0 Å². The van der Waals surface area contributed by atoms with Crippen molar-refractivity contribution < 1.29 is 0 Å². The molecule has 0 aromatic carbocycles. The van der Waals surface area contributed by atoms with Gasteiger partial charge in [0.15, 0.2) is 0 Å². The quantitative estimate of drug-likeness (QED) is 0.588. The molecule has 0 aliphatic carbocycles. The molecule has 1 saturated heterocycles. The first-order valence-corrected chi connectivity index (χ1v) is 9.52. The van der Waals surface area contributed by atoms with Gasteiger partial charge < -0.3 is 5.32 Å². The first kappa shape index (κ1) is 17.4. The third-order valence-corrected chi connectivity index (χ3v) is 6.38. The number of unbranched alkanes of at least 4 members (excludes halogenated alkanes) is 1. The van der Waals surface area contributed by atoms with Gasteiger partial charge in [0, 0.05) is 10.8 Å². The minimum atomic E-state index is 0.495. The Balaban J connectivity index is 2.56. The summed E-state index contributed by atoms with van der Waals surface area (Å²) in [5.41, 5.74) is 0. The molecule has 1 rings (SSSR count). The minimum absolute atomic E-state index is 0.495. The summed E-state index contributed by atoms with van der Waals surface area (Å²) in [5.74, 6) is 2.29. The zero-order valence-electron chi connectivity index (χ0n) is 13.6. The molecule has 0 radical (unpaired) electrons. The van der Waals surface area contributed by atoms with Crippen molar-refractivity contribution in [2.45, 2.75) is 89.9 Å². The summed E-state index contributed by atoms with van der Waals surface area (Å²) in [7, 11) is 0. The van der Waals surface area contributed by atoms with Gasteiger partial charge in [0.05, 0.1) is 0 Å². The molecule has 1 fully saturated rings. The maximum Gasteiger partial charge on any atom is 0.0285 e. The van der Waals surface area contributed by atoms with E-state index < -0.39 is 0 Å². The van der Waals surface area contributed by atoms with Gasteiger partial charge >= 0.3 is 0 Å². The number of hydrogen-bond donors (Lipinski definition) is 1. The fourth-order valence-corrected chi connectivity index (χ4v) is 4.68. The highest BCUT2D eigenvalue weighted by molar-refractivity contribution is 8.00. The van der Waals surface area contributed by atoms with Gasteiger partial charge in [0.25, 0.3) is 0 Å². The molecule has 1 nitrogen and oxygen atoms in total. The highest BCUT2D eigenvalue weighted by Gasteiger charge is 2.38. The average molecular weight is 286 g/mol. The van der Waals surface area contributed by atoms with E-state index in [0.717, 1.165) is 12.0 Å². The Hall–Kier alpha value is 0.310. The second-order valence-corrected chi connectivity index (χ2v) is 8.05. The highest BCUT2D eigenvalue weighted by Crippen LogP contribution is 2.42. The second kappa shape index (κ2) is 9.28. The summed E-state index contributed by atoms with van der Waals surface area (Å²) in [6, 6.07) is 0.724. The van der Waals surface area contributed by atoms with Crippen LogP contribution in [-0.4, -0.2) is 23.1 Å². The fourth-order valence-electron chi connectivity index (χ4n) is 3.26. The molecule has 0 aromatic rings. The molecular formula is C17H35NS. The first-order valence-electron chi connectivity index (χ1n) is 8.53. The zero-order valence-corrected chi connectivity index (χ0v) is 14.5. The summed E-state index contributed by atoms with van der Waals surface area (Å²) < 4.78 is 0.495.